The van der Waals surface area contributed by atoms with Gasteiger partial charge in [-0.25, -0.2) is 4.99 Å². The number of pyridine rings is 1. The Balaban J connectivity index is 0.000000607. The summed E-state index contributed by atoms with van der Waals surface area (Å²) in [7, 11) is 0. The first-order chi connectivity index (χ1) is 14.2. The number of rotatable bonds is 3. The number of aliphatic imine (C=N–C) groups is 2. The maximum atomic E-state index is 6.16. The van der Waals surface area contributed by atoms with Crippen LogP contribution in [0.5, 0.6) is 0 Å². The summed E-state index contributed by atoms with van der Waals surface area (Å²) < 4.78 is 0. The fourth-order valence-corrected chi connectivity index (χ4v) is 3.88. The van der Waals surface area contributed by atoms with E-state index in [2.05, 4.69) is 21.2 Å². The Morgan fingerprint density at radius 3 is 1.75 bits per heavy atom. The zero-order chi connectivity index (χ0) is 22.3. The molecule has 9 heteroatoms. The van der Waals surface area contributed by atoms with Crippen LogP contribution in [0.2, 0.25) is 20.1 Å². The van der Waals surface area contributed by atoms with Gasteiger partial charge < -0.3 is 17.4 Å². The van der Waals surface area contributed by atoms with Crippen molar-refractivity contribution in [3.05, 3.63) is 85.6 Å². The molecule has 3 nitrogen and oxygen atoms in total. The Morgan fingerprint density at radius 2 is 1.34 bits per heavy atom. The van der Waals surface area contributed by atoms with Crippen molar-refractivity contribution in [2.24, 2.45) is 9.98 Å². The van der Waals surface area contributed by atoms with Gasteiger partial charge in [0, 0.05) is 23.7 Å². The summed E-state index contributed by atoms with van der Waals surface area (Å²) in [5.74, 6) is 0. The van der Waals surface area contributed by atoms with E-state index in [9.17, 15) is 0 Å². The van der Waals surface area contributed by atoms with E-state index in [1.165, 1.54) is 0 Å². The Labute approximate surface area is 226 Å². The molecule has 0 unspecified atom stereocenters. The molecule has 0 aliphatic rings. The molecule has 170 valence electrons. The van der Waals surface area contributed by atoms with Gasteiger partial charge in [0.25, 0.3) is 0 Å². The summed E-state index contributed by atoms with van der Waals surface area (Å²) in [5, 5.41) is 2.25. The number of nitrogens with zero attached hydrogens (tertiary/aromatic N) is 3. The first kappa shape index (κ1) is 30.9. The molecule has 0 fully saturated rings. The van der Waals surface area contributed by atoms with Gasteiger partial charge in [0.1, 0.15) is 5.69 Å². The summed E-state index contributed by atoms with van der Waals surface area (Å²) in [5.41, 5.74) is 5.01. The Hall–Kier alpha value is -1.10. The fraction of sp³-hybridized carbons (Fsp3) is 0.174. The first-order valence-corrected chi connectivity index (χ1v) is 10.5. The Morgan fingerprint density at radius 1 is 0.875 bits per heavy atom. The number of hydrogen-bond donors (Lipinski definition) is 0. The van der Waals surface area contributed by atoms with Crippen molar-refractivity contribution >= 4 is 69.7 Å². The van der Waals surface area contributed by atoms with Gasteiger partial charge >= 0.3 is 17.1 Å². The zero-order valence-corrected chi connectivity index (χ0v) is 22.6. The van der Waals surface area contributed by atoms with Crippen molar-refractivity contribution in [2.45, 2.75) is 27.7 Å². The van der Waals surface area contributed by atoms with E-state index in [1.54, 1.807) is 19.3 Å². The van der Waals surface area contributed by atoms with E-state index in [0.29, 0.717) is 31.5 Å². The van der Waals surface area contributed by atoms with Crippen molar-refractivity contribution in [3.8, 4) is 0 Å². The monoisotopic (exact) mass is 569 g/mol. The van der Waals surface area contributed by atoms with Gasteiger partial charge in [0.2, 0.25) is 0 Å². The van der Waals surface area contributed by atoms with Gasteiger partial charge in [-0.15, -0.1) is 30.1 Å². The number of hydrogen-bond acceptors (Lipinski definition) is 3. The summed E-state index contributed by atoms with van der Waals surface area (Å²) in [4.78, 5) is 12.5. The third kappa shape index (κ3) is 9.03. The van der Waals surface area contributed by atoms with Crippen molar-refractivity contribution in [2.75, 3.05) is 0 Å². The molecule has 0 aliphatic carbocycles. The maximum absolute atomic E-state index is 6.16. The molecule has 0 spiro atoms. The maximum Gasteiger partial charge on any atom is 2.00 e. The van der Waals surface area contributed by atoms with E-state index in [4.69, 9.17) is 46.4 Å². The summed E-state index contributed by atoms with van der Waals surface area (Å²) in [6.45, 7) is 7.48. The molecule has 1 heterocycles. The van der Waals surface area contributed by atoms with Gasteiger partial charge in [-0.05, 0) is 54.6 Å². The molecule has 0 aliphatic heterocycles. The van der Waals surface area contributed by atoms with Crippen molar-refractivity contribution < 1.29 is 29.5 Å². The van der Waals surface area contributed by atoms with Crippen LogP contribution in [0, 0.1) is 13.8 Å². The van der Waals surface area contributed by atoms with E-state index in [-0.39, 0.29) is 29.5 Å². The van der Waals surface area contributed by atoms with Crippen LogP contribution in [0.15, 0.2) is 58.8 Å². The van der Waals surface area contributed by atoms with Crippen LogP contribution < -0.4 is 12.4 Å². The molecule has 0 bridgehead atoms. The minimum Gasteiger partial charge on any atom is -1.00 e. The predicted octanol–water partition coefficient (Wildman–Crippen LogP) is 5.74. The summed E-state index contributed by atoms with van der Waals surface area (Å²) in [6.07, 6.45) is 6.12. The quantitative estimate of drug-likeness (QED) is 0.225. The van der Waals surface area contributed by atoms with E-state index in [0.717, 1.165) is 22.4 Å². The second-order valence-corrected chi connectivity index (χ2v) is 8.06. The molecule has 0 N–H and O–H groups in total. The largest absolute Gasteiger partial charge is 2.00 e. The second-order valence-electron chi connectivity index (χ2n) is 6.43. The van der Waals surface area contributed by atoms with Gasteiger partial charge in [0.15, 0.2) is 0 Å². The van der Waals surface area contributed by atoms with Gasteiger partial charge in [-0.3, -0.25) is 4.98 Å². The Bertz CT molecular complexity index is 1040. The van der Waals surface area contributed by atoms with Gasteiger partial charge in [-0.1, -0.05) is 52.7 Å². The number of halogens is 5. The molecule has 3 rings (SSSR count). The molecular weight excluding hydrogens is 551 g/mol. The van der Waals surface area contributed by atoms with Crippen LogP contribution in [-0.4, -0.2) is 16.9 Å². The third-order valence-corrected chi connectivity index (χ3v) is 5.06. The minimum absolute atomic E-state index is 0. The molecule has 0 atom stereocenters. The average Bonchev–Trinajstić information content (AvgIpc) is 2.68. The first-order valence-electron chi connectivity index (χ1n) is 8.97. The van der Waals surface area contributed by atoms with Crippen LogP contribution in [0.4, 0.5) is 11.4 Å². The predicted molar refractivity (Wildman–Crippen MR) is 131 cm³/mol. The average molecular weight is 572 g/mol. The van der Waals surface area contributed by atoms with E-state index >= 15 is 0 Å². The number of aromatic nitrogens is 1. The number of aryl methyl sites for hydroxylation is 2. The summed E-state index contributed by atoms with van der Waals surface area (Å²) >= 11 is 24.1. The van der Waals surface area contributed by atoms with Gasteiger partial charge in [-0.2, -0.15) is 6.21 Å². The van der Waals surface area contributed by atoms with Crippen LogP contribution in [0.1, 0.15) is 30.5 Å². The number of benzene rings is 2. The molecule has 0 amide bonds. The van der Waals surface area contributed by atoms with Crippen molar-refractivity contribution in [3.63, 3.8) is 0 Å². The SMILES string of the molecule is CC(=Nc1c(Cl)cc(C)cc1Cl)c1cccnc1.C[C-]=Nc1c(Cl)cc(C)cc1Cl.[Cl-].[Fe+2]. The molecule has 0 saturated heterocycles. The molecule has 2 aromatic carbocycles. The summed E-state index contributed by atoms with van der Waals surface area (Å²) in [6, 6.07) is 11.2. The molecule has 32 heavy (non-hydrogen) atoms. The smallest absolute Gasteiger partial charge is 1.00 e. The zero-order valence-electron chi connectivity index (χ0n) is 17.7. The minimum atomic E-state index is 0. The normalized spacial score (nSPS) is 10.7. The van der Waals surface area contributed by atoms with Crippen LogP contribution >= 0.6 is 46.4 Å². The van der Waals surface area contributed by atoms with Crippen LogP contribution in [-0.2, 0) is 17.1 Å². The van der Waals surface area contributed by atoms with E-state index < -0.39 is 0 Å². The van der Waals surface area contributed by atoms with Crippen molar-refractivity contribution in [1.29, 1.82) is 0 Å². The molecule has 1 aromatic heterocycles. The van der Waals surface area contributed by atoms with Crippen molar-refractivity contribution in [1.82, 2.24) is 4.98 Å². The fourth-order valence-electron chi connectivity index (χ4n) is 2.52. The second kappa shape index (κ2) is 14.9. The van der Waals surface area contributed by atoms with Crippen LogP contribution in [0.25, 0.3) is 0 Å². The molecule has 3 aromatic rings. The molecular formula is C23H20Cl5FeN3. The van der Waals surface area contributed by atoms with E-state index in [1.807, 2.05) is 57.2 Å². The molecule has 0 radical (unpaired) electrons. The van der Waals surface area contributed by atoms with Gasteiger partial charge in [0.05, 0.1) is 10.0 Å². The third-order valence-electron chi connectivity index (χ3n) is 3.90. The molecule has 0 saturated carbocycles. The standard InChI is InChI=1S/C14H12Cl2N2.C9H8Cl2N.ClH.Fe/c1-9-6-12(15)14(13(16)7-9)18-10(2)11-4-3-5-17-8-11;1-3-12-9-7(10)4-6(2)5-8(9)11;;/h3-8H,1-2H3;4-5H,1-2H3;1H;/q;-1;;+2/p-1. The van der Waals surface area contributed by atoms with Crippen LogP contribution in [0.3, 0.4) is 0 Å². The Kier molecular flexibility index (Phi) is 14.4. The topological polar surface area (TPSA) is 37.6 Å².